The molecule has 2 heterocycles. The summed E-state index contributed by atoms with van der Waals surface area (Å²) in [5.74, 6) is -0.642. The first kappa shape index (κ1) is 17.5. The predicted octanol–water partition coefficient (Wildman–Crippen LogP) is 3.31. The molecule has 0 unspecified atom stereocenters. The lowest BCUT2D eigenvalue weighted by atomic mass is 9.99. The number of aromatic nitrogens is 2. The predicted molar refractivity (Wildman–Crippen MR) is 94.1 cm³/mol. The molecule has 0 atom stereocenters. The molecule has 0 bridgehead atoms. The van der Waals surface area contributed by atoms with E-state index in [-0.39, 0.29) is 23.6 Å². The van der Waals surface area contributed by atoms with Gasteiger partial charge < -0.3 is 9.64 Å². The number of nitrogens with zero attached hydrogens (tertiary/aromatic N) is 3. The summed E-state index contributed by atoms with van der Waals surface area (Å²) in [5, 5.41) is 0.480. The fourth-order valence-corrected chi connectivity index (χ4v) is 2.82. The number of benzene rings is 1. The Balaban J connectivity index is 2.03. The standard InChI is InChI=1S/C18H20ClN3O3/c1-18(2,3)9-25-17(24)15-14-8-21(4)16(23)12-7-11(19)5-6-13(12)22(14)10-20-15/h5-7,10H,8-9H2,1-4H3. The molecule has 0 saturated carbocycles. The molecule has 2 aromatic rings. The van der Waals surface area contributed by atoms with Crippen LogP contribution in [0.1, 0.15) is 47.3 Å². The lowest BCUT2D eigenvalue weighted by molar-refractivity contribution is 0.0357. The van der Waals surface area contributed by atoms with Gasteiger partial charge in [0.25, 0.3) is 5.91 Å². The molecule has 1 amide bonds. The van der Waals surface area contributed by atoms with Crippen molar-refractivity contribution in [3.63, 3.8) is 0 Å². The fraction of sp³-hybridized carbons (Fsp3) is 0.389. The summed E-state index contributed by atoms with van der Waals surface area (Å²) in [5.41, 5.74) is 1.84. The lowest BCUT2D eigenvalue weighted by Gasteiger charge is -2.18. The molecule has 6 nitrogen and oxygen atoms in total. The van der Waals surface area contributed by atoms with E-state index in [9.17, 15) is 9.59 Å². The van der Waals surface area contributed by atoms with Gasteiger partial charge in [-0.05, 0) is 23.6 Å². The Labute approximate surface area is 151 Å². The number of ether oxygens (including phenoxy) is 1. The van der Waals surface area contributed by atoms with Gasteiger partial charge in [0, 0.05) is 12.1 Å². The third kappa shape index (κ3) is 3.39. The topological polar surface area (TPSA) is 64.4 Å². The van der Waals surface area contributed by atoms with Crippen LogP contribution in [0, 0.1) is 5.41 Å². The first-order valence-corrected chi connectivity index (χ1v) is 8.34. The third-order valence-electron chi connectivity index (χ3n) is 3.88. The summed E-state index contributed by atoms with van der Waals surface area (Å²) >= 11 is 6.04. The van der Waals surface area contributed by atoms with E-state index in [0.717, 1.165) is 0 Å². The van der Waals surface area contributed by atoms with Gasteiger partial charge in [-0.2, -0.15) is 0 Å². The molecule has 0 saturated heterocycles. The number of fused-ring (bicyclic) bond motifs is 3. The van der Waals surface area contributed by atoms with Gasteiger partial charge in [-0.25, -0.2) is 9.78 Å². The SMILES string of the molecule is CN1Cc2c(C(=O)OCC(C)(C)C)ncn2-c2ccc(Cl)cc2C1=O. The lowest BCUT2D eigenvalue weighted by Crippen LogP contribution is -2.26. The summed E-state index contributed by atoms with van der Waals surface area (Å²) in [7, 11) is 1.68. The van der Waals surface area contributed by atoms with Crippen LogP contribution in [0.4, 0.5) is 0 Å². The summed E-state index contributed by atoms with van der Waals surface area (Å²) in [6.45, 7) is 6.51. The number of carbonyl (C=O) groups is 2. The number of rotatable bonds is 2. The van der Waals surface area contributed by atoms with Crippen LogP contribution >= 0.6 is 11.6 Å². The maximum atomic E-state index is 12.6. The molecule has 3 rings (SSSR count). The average molecular weight is 362 g/mol. The van der Waals surface area contributed by atoms with E-state index in [0.29, 0.717) is 28.6 Å². The minimum atomic E-state index is -0.484. The first-order valence-electron chi connectivity index (χ1n) is 7.96. The van der Waals surface area contributed by atoms with E-state index in [2.05, 4.69) is 4.98 Å². The van der Waals surface area contributed by atoms with Crippen molar-refractivity contribution in [3.8, 4) is 5.69 Å². The molecular formula is C18H20ClN3O3. The number of amides is 1. The molecule has 0 N–H and O–H groups in total. The second kappa shape index (κ2) is 6.19. The van der Waals surface area contributed by atoms with Crippen molar-refractivity contribution in [1.82, 2.24) is 14.5 Å². The summed E-state index contributed by atoms with van der Waals surface area (Å²) in [4.78, 5) is 30.9. The highest BCUT2D eigenvalue weighted by Crippen LogP contribution is 2.28. The second-order valence-corrected chi connectivity index (χ2v) is 7.81. The van der Waals surface area contributed by atoms with Crippen molar-refractivity contribution in [3.05, 3.63) is 46.5 Å². The molecule has 0 spiro atoms. The molecule has 1 aliphatic rings. The molecule has 132 valence electrons. The Hall–Kier alpha value is -2.34. The normalized spacial score (nSPS) is 14.0. The fourth-order valence-electron chi connectivity index (χ4n) is 2.65. The number of hydrogen-bond acceptors (Lipinski definition) is 4. The number of imidazole rings is 1. The van der Waals surface area contributed by atoms with Crippen molar-refractivity contribution in [2.24, 2.45) is 5.41 Å². The van der Waals surface area contributed by atoms with E-state index < -0.39 is 5.97 Å². The van der Waals surface area contributed by atoms with Crippen LogP contribution in [0.25, 0.3) is 5.69 Å². The Morgan fingerprint density at radius 1 is 1.36 bits per heavy atom. The van der Waals surface area contributed by atoms with Crippen molar-refractivity contribution in [1.29, 1.82) is 0 Å². The molecular weight excluding hydrogens is 342 g/mol. The maximum Gasteiger partial charge on any atom is 0.358 e. The van der Waals surface area contributed by atoms with Crippen LogP contribution in [-0.4, -0.2) is 40.0 Å². The number of carbonyl (C=O) groups excluding carboxylic acids is 2. The van der Waals surface area contributed by atoms with Crippen LogP contribution < -0.4 is 0 Å². The Morgan fingerprint density at radius 2 is 2.08 bits per heavy atom. The average Bonchev–Trinajstić information content (AvgIpc) is 2.90. The van der Waals surface area contributed by atoms with Crippen molar-refractivity contribution < 1.29 is 14.3 Å². The van der Waals surface area contributed by atoms with Crippen molar-refractivity contribution in [2.45, 2.75) is 27.3 Å². The Kier molecular flexibility index (Phi) is 4.33. The van der Waals surface area contributed by atoms with Crippen LogP contribution in [0.15, 0.2) is 24.5 Å². The van der Waals surface area contributed by atoms with E-state index in [1.165, 1.54) is 4.90 Å². The van der Waals surface area contributed by atoms with Crippen molar-refractivity contribution in [2.75, 3.05) is 13.7 Å². The quantitative estimate of drug-likeness (QED) is 0.770. The van der Waals surface area contributed by atoms with Crippen LogP contribution in [0.5, 0.6) is 0 Å². The van der Waals surface area contributed by atoms with Gasteiger partial charge in [0.1, 0.15) is 6.33 Å². The highest BCUT2D eigenvalue weighted by atomic mass is 35.5. The van der Waals surface area contributed by atoms with Crippen molar-refractivity contribution >= 4 is 23.5 Å². The molecule has 25 heavy (non-hydrogen) atoms. The maximum absolute atomic E-state index is 12.6. The van der Waals surface area contributed by atoms with E-state index in [1.54, 1.807) is 36.1 Å². The minimum absolute atomic E-state index is 0.136. The number of hydrogen-bond donors (Lipinski definition) is 0. The Morgan fingerprint density at radius 3 is 2.76 bits per heavy atom. The van der Waals surface area contributed by atoms with E-state index in [4.69, 9.17) is 16.3 Å². The third-order valence-corrected chi connectivity index (χ3v) is 4.11. The first-order chi connectivity index (χ1) is 11.7. The summed E-state index contributed by atoms with van der Waals surface area (Å²) in [6, 6.07) is 5.09. The number of halogens is 1. The smallest absolute Gasteiger partial charge is 0.358 e. The molecule has 7 heteroatoms. The molecule has 1 aliphatic heterocycles. The zero-order valence-corrected chi connectivity index (χ0v) is 15.4. The molecule has 0 radical (unpaired) electrons. The van der Waals surface area contributed by atoms with Gasteiger partial charge >= 0.3 is 5.97 Å². The van der Waals surface area contributed by atoms with Gasteiger partial charge in [-0.1, -0.05) is 32.4 Å². The highest BCUT2D eigenvalue weighted by molar-refractivity contribution is 6.31. The minimum Gasteiger partial charge on any atom is -0.460 e. The van der Waals surface area contributed by atoms with Gasteiger partial charge in [-0.3, -0.25) is 9.36 Å². The molecule has 0 fully saturated rings. The molecule has 1 aromatic heterocycles. The number of esters is 1. The summed E-state index contributed by atoms with van der Waals surface area (Å²) in [6.07, 6.45) is 1.54. The van der Waals surface area contributed by atoms with Crippen LogP contribution in [0.2, 0.25) is 5.02 Å². The van der Waals surface area contributed by atoms with Gasteiger partial charge in [0.2, 0.25) is 0 Å². The molecule has 0 aliphatic carbocycles. The highest BCUT2D eigenvalue weighted by Gasteiger charge is 2.29. The van der Waals surface area contributed by atoms with Gasteiger partial charge in [0.05, 0.1) is 30.1 Å². The van der Waals surface area contributed by atoms with Crippen LogP contribution in [0.3, 0.4) is 0 Å². The summed E-state index contributed by atoms with van der Waals surface area (Å²) < 4.78 is 7.14. The zero-order chi connectivity index (χ0) is 18.4. The van der Waals surface area contributed by atoms with E-state index in [1.807, 2.05) is 20.8 Å². The second-order valence-electron chi connectivity index (χ2n) is 7.37. The monoisotopic (exact) mass is 361 g/mol. The zero-order valence-electron chi connectivity index (χ0n) is 14.7. The van der Waals surface area contributed by atoms with Gasteiger partial charge in [0.15, 0.2) is 5.69 Å². The Bertz CT molecular complexity index is 852. The van der Waals surface area contributed by atoms with Gasteiger partial charge in [-0.15, -0.1) is 0 Å². The largest absolute Gasteiger partial charge is 0.460 e. The van der Waals surface area contributed by atoms with Crippen LogP contribution in [-0.2, 0) is 11.3 Å². The van der Waals surface area contributed by atoms with E-state index >= 15 is 0 Å². The molecule has 1 aromatic carbocycles.